The number of benzene rings is 1. The standard InChI is InChI=1S/C15H18N4O2/c20-13-8-6-11(7-9-13)17-15(21)14-10-16-19(18-14)12-4-2-1-3-5-12/h1-5,10-11,13,20H,6-9H2,(H,17,21). The Balaban J connectivity index is 1.64. The number of aromatic nitrogens is 3. The quantitative estimate of drug-likeness (QED) is 0.891. The maximum absolute atomic E-state index is 12.1. The van der Waals surface area contributed by atoms with Crippen LogP contribution in [0.25, 0.3) is 5.69 Å². The number of para-hydroxylation sites is 1. The molecule has 0 unspecified atom stereocenters. The first-order valence-electron chi connectivity index (χ1n) is 7.19. The number of hydrogen-bond acceptors (Lipinski definition) is 4. The summed E-state index contributed by atoms with van der Waals surface area (Å²) in [6.45, 7) is 0. The van der Waals surface area contributed by atoms with Crippen LogP contribution in [-0.4, -0.2) is 38.2 Å². The SMILES string of the molecule is O=C(NC1CCC(O)CC1)c1cnn(-c2ccccc2)n1. The number of carbonyl (C=O) groups is 1. The summed E-state index contributed by atoms with van der Waals surface area (Å²) in [6.07, 6.45) is 4.33. The van der Waals surface area contributed by atoms with Crippen molar-refractivity contribution in [2.45, 2.75) is 37.8 Å². The molecule has 0 radical (unpaired) electrons. The first kappa shape index (κ1) is 13.8. The van der Waals surface area contributed by atoms with Crippen LogP contribution in [0, 0.1) is 0 Å². The second-order valence-electron chi connectivity index (χ2n) is 5.33. The molecule has 2 aromatic rings. The van der Waals surface area contributed by atoms with Crippen LogP contribution in [0.2, 0.25) is 0 Å². The maximum atomic E-state index is 12.1. The van der Waals surface area contributed by atoms with Crippen molar-refractivity contribution in [2.75, 3.05) is 0 Å². The molecule has 6 nitrogen and oxygen atoms in total. The predicted octanol–water partition coefficient (Wildman–Crippen LogP) is 1.30. The fourth-order valence-electron chi connectivity index (χ4n) is 2.53. The molecule has 1 amide bonds. The number of rotatable bonds is 3. The van der Waals surface area contributed by atoms with Gasteiger partial charge in [-0.25, -0.2) is 0 Å². The Kier molecular flexibility index (Phi) is 3.96. The molecule has 0 aliphatic heterocycles. The summed E-state index contributed by atoms with van der Waals surface area (Å²) in [4.78, 5) is 13.6. The van der Waals surface area contributed by atoms with E-state index in [0.29, 0.717) is 5.69 Å². The lowest BCUT2D eigenvalue weighted by Gasteiger charge is -2.25. The highest BCUT2D eigenvalue weighted by Crippen LogP contribution is 2.18. The van der Waals surface area contributed by atoms with Crippen molar-refractivity contribution >= 4 is 5.91 Å². The van der Waals surface area contributed by atoms with Crippen molar-refractivity contribution in [3.8, 4) is 5.69 Å². The van der Waals surface area contributed by atoms with Gasteiger partial charge in [0.25, 0.3) is 5.91 Å². The van der Waals surface area contributed by atoms with E-state index in [1.54, 1.807) is 0 Å². The van der Waals surface area contributed by atoms with Gasteiger partial charge in [-0.05, 0) is 37.8 Å². The summed E-state index contributed by atoms with van der Waals surface area (Å²) >= 11 is 0. The minimum Gasteiger partial charge on any atom is -0.393 e. The Bertz CT molecular complexity index is 603. The average molecular weight is 286 g/mol. The summed E-state index contributed by atoms with van der Waals surface area (Å²) in [5.74, 6) is -0.210. The third kappa shape index (κ3) is 3.28. The molecule has 1 fully saturated rings. The van der Waals surface area contributed by atoms with Crippen molar-refractivity contribution < 1.29 is 9.90 Å². The summed E-state index contributed by atoms with van der Waals surface area (Å²) < 4.78 is 0. The second kappa shape index (κ2) is 6.05. The number of carbonyl (C=O) groups excluding carboxylic acids is 1. The number of hydrogen-bond donors (Lipinski definition) is 2. The molecule has 2 N–H and O–H groups in total. The molecule has 1 aliphatic carbocycles. The van der Waals surface area contributed by atoms with Gasteiger partial charge < -0.3 is 10.4 Å². The van der Waals surface area contributed by atoms with Crippen LogP contribution < -0.4 is 5.32 Å². The monoisotopic (exact) mass is 286 g/mol. The van der Waals surface area contributed by atoms with E-state index in [-0.39, 0.29) is 18.1 Å². The summed E-state index contributed by atoms with van der Waals surface area (Å²) in [6, 6.07) is 9.58. The molecule has 1 heterocycles. The molecule has 1 saturated carbocycles. The van der Waals surface area contributed by atoms with Gasteiger partial charge in [0.1, 0.15) is 0 Å². The molecule has 1 aromatic heterocycles. The van der Waals surface area contributed by atoms with Gasteiger partial charge in [0, 0.05) is 6.04 Å². The minimum absolute atomic E-state index is 0.114. The van der Waals surface area contributed by atoms with Crippen LogP contribution >= 0.6 is 0 Å². The number of nitrogens with one attached hydrogen (secondary N) is 1. The lowest BCUT2D eigenvalue weighted by atomic mass is 9.93. The Morgan fingerprint density at radius 1 is 1.19 bits per heavy atom. The first-order chi connectivity index (χ1) is 10.2. The van der Waals surface area contributed by atoms with E-state index in [1.807, 2.05) is 30.3 Å². The molecule has 1 aromatic carbocycles. The lowest BCUT2D eigenvalue weighted by molar-refractivity contribution is 0.0863. The molecule has 110 valence electrons. The van der Waals surface area contributed by atoms with E-state index in [9.17, 15) is 9.90 Å². The number of nitrogens with zero attached hydrogens (tertiary/aromatic N) is 3. The number of amides is 1. The number of aliphatic hydroxyl groups is 1. The van der Waals surface area contributed by atoms with Gasteiger partial charge in [0.15, 0.2) is 5.69 Å². The highest BCUT2D eigenvalue weighted by molar-refractivity contribution is 5.92. The number of aliphatic hydroxyl groups excluding tert-OH is 1. The average Bonchev–Trinajstić information content (AvgIpc) is 3.00. The third-order valence-electron chi connectivity index (χ3n) is 3.74. The van der Waals surface area contributed by atoms with E-state index in [4.69, 9.17) is 0 Å². The molecule has 6 heteroatoms. The summed E-state index contributed by atoms with van der Waals surface area (Å²) in [5, 5.41) is 20.7. The van der Waals surface area contributed by atoms with Crippen LogP contribution in [0.15, 0.2) is 36.5 Å². The van der Waals surface area contributed by atoms with Crippen molar-refractivity contribution in [3.05, 3.63) is 42.2 Å². The zero-order valence-corrected chi connectivity index (χ0v) is 11.6. The minimum atomic E-state index is -0.225. The van der Waals surface area contributed by atoms with Gasteiger partial charge in [-0.3, -0.25) is 4.79 Å². The zero-order valence-electron chi connectivity index (χ0n) is 11.6. The van der Waals surface area contributed by atoms with Crippen molar-refractivity contribution in [2.24, 2.45) is 0 Å². The molecule has 0 saturated heterocycles. The van der Waals surface area contributed by atoms with Crippen molar-refractivity contribution in [1.82, 2.24) is 20.3 Å². The van der Waals surface area contributed by atoms with Crippen molar-refractivity contribution in [1.29, 1.82) is 0 Å². The van der Waals surface area contributed by atoms with E-state index < -0.39 is 0 Å². The highest BCUT2D eigenvalue weighted by atomic mass is 16.3. The van der Waals surface area contributed by atoms with Crippen LogP contribution in [0.3, 0.4) is 0 Å². The first-order valence-corrected chi connectivity index (χ1v) is 7.19. The normalized spacial score (nSPS) is 22.0. The predicted molar refractivity (Wildman–Crippen MR) is 77.1 cm³/mol. The second-order valence-corrected chi connectivity index (χ2v) is 5.33. The molecule has 1 aliphatic rings. The van der Waals surface area contributed by atoms with Gasteiger partial charge in [-0.1, -0.05) is 18.2 Å². The van der Waals surface area contributed by atoms with Crippen LogP contribution in [-0.2, 0) is 0 Å². The molecule has 0 bridgehead atoms. The van der Waals surface area contributed by atoms with E-state index in [1.165, 1.54) is 11.0 Å². The molecule has 21 heavy (non-hydrogen) atoms. The molecule has 0 atom stereocenters. The smallest absolute Gasteiger partial charge is 0.273 e. The Morgan fingerprint density at radius 2 is 1.90 bits per heavy atom. The topological polar surface area (TPSA) is 80.0 Å². The fraction of sp³-hybridized carbons (Fsp3) is 0.400. The zero-order chi connectivity index (χ0) is 14.7. The van der Waals surface area contributed by atoms with Gasteiger partial charge in [0.2, 0.25) is 0 Å². The van der Waals surface area contributed by atoms with Crippen LogP contribution in [0.4, 0.5) is 0 Å². The molecular weight excluding hydrogens is 268 g/mol. The van der Waals surface area contributed by atoms with E-state index >= 15 is 0 Å². The fourth-order valence-corrected chi connectivity index (χ4v) is 2.53. The van der Waals surface area contributed by atoms with E-state index in [0.717, 1.165) is 31.4 Å². The van der Waals surface area contributed by atoms with Crippen LogP contribution in [0.5, 0.6) is 0 Å². The third-order valence-corrected chi connectivity index (χ3v) is 3.74. The summed E-state index contributed by atoms with van der Waals surface area (Å²) in [5.41, 5.74) is 1.13. The largest absolute Gasteiger partial charge is 0.393 e. The molecule has 3 rings (SSSR count). The highest BCUT2D eigenvalue weighted by Gasteiger charge is 2.22. The Morgan fingerprint density at radius 3 is 2.62 bits per heavy atom. The van der Waals surface area contributed by atoms with Gasteiger partial charge >= 0.3 is 0 Å². The maximum Gasteiger partial charge on any atom is 0.273 e. The Labute approximate surface area is 122 Å². The molecular formula is C15H18N4O2. The summed E-state index contributed by atoms with van der Waals surface area (Å²) in [7, 11) is 0. The lowest BCUT2D eigenvalue weighted by Crippen LogP contribution is -2.38. The Hall–Kier alpha value is -2.21. The van der Waals surface area contributed by atoms with Crippen LogP contribution in [0.1, 0.15) is 36.2 Å². The molecule has 0 spiro atoms. The van der Waals surface area contributed by atoms with Gasteiger partial charge in [-0.2, -0.15) is 9.90 Å². The van der Waals surface area contributed by atoms with Gasteiger partial charge in [0.05, 0.1) is 18.0 Å². The van der Waals surface area contributed by atoms with Crippen molar-refractivity contribution in [3.63, 3.8) is 0 Å². The van der Waals surface area contributed by atoms with E-state index in [2.05, 4.69) is 15.5 Å². The van der Waals surface area contributed by atoms with Gasteiger partial charge in [-0.15, -0.1) is 5.10 Å².